The smallest absolute Gasteiger partial charge is 0.315 e. The Morgan fingerprint density at radius 2 is 1.81 bits per heavy atom. The summed E-state index contributed by atoms with van der Waals surface area (Å²) >= 11 is 6.34. The number of carbonyl (C=O) groups excluding carboxylic acids is 2. The van der Waals surface area contributed by atoms with Crippen LogP contribution in [0.5, 0.6) is 0 Å². The second-order valence-corrected chi connectivity index (χ2v) is 9.92. The van der Waals surface area contributed by atoms with Crippen LogP contribution < -0.4 is 10.6 Å². The first-order valence-electron chi connectivity index (χ1n) is 12.5. The molecule has 2 aromatic rings. The van der Waals surface area contributed by atoms with E-state index in [0.717, 1.165) is 11.1 Å². The summed E-state index contributed by atoms with van der Waals surface area (Å²) in [5, 5.41) is 15.7. The maximum absolute atomic E-state index is 13.7. The number of morpholine rings is 1. The lowest BCUT2D eigenvalue weighted by Crippen LogP contribution is -2.65. The molecule has 3 amide bonds. The molecule has 0 aliphatic carbocycles. The fourth-order valence-corrected chi connectivity index (χ4v) is 5.14. The first kappa shape index (κ1) is 26.9. The number of carbonyl (C=O) groups is 3. The van der Waals surface area contributed by atoms with Gasteiger partial charge in [0, 0.05) is 37.2 Å². The van der Waals surface area contributed by atoms with Gasteiger partial charge in [0.1, 0.15) is 6.04 Å². The van der Waals surface area contributed by atoms with Gasteiger partial charge < -0.3 is 25.4 Å². The molecule has 2 heterocycles. The highest BCUT2D eigenvalue weighted by molar-refractivity contribution is 6.31. The van der Waals surface area contributed by atoms with E-state index in [-0.39, 0.29) is 18.4 Å². The van der Waals surface area contributed by atoms with E-state index >= 15 is 0 Å². The lowest BCUT2D eigenvalue weighted by atomic mass is 9.95. The Kier molecular flexibility index (Phi) is 9.02. The summed E-state index contributed by atoms with van der Waals surface area (Å²) in [6.45, 7) is 5.31. The van der Waals surface area contributed by atoms with Crippen LogP contribution in [0.2, 0.25) is 5.02 Å². The van der Waals surface area contributed by atoms with Gasteiger partial charge in [0.05, 0.1) is 25.7 Å². The number of urea groups is 1. The zero-order valence-electron chi connectivity index (χ0n) is 20.9. The summed E-state index contributed by atoms with van der Waals surface area (Å²) in [6, 6.07) is 12.4. The highest BCUT2D eigenvalue weighted by Crippen LogP contribution is 2.24. The second kappa shape index (κ2) is 12.4. The molecule has 0 bridgehead atoms. The molecular weight excluding hydrogens is 496 g/mol. The molecule has 10 heteroatoms. The predicted octanol–water partition coefficient (Wildman–Crippen LogP) is 2.97. The van der Waals surface area contributed by atoms with E-state index in [1.54, 1.807) is 23.1 Å². The van der Waals surface area contributed by atoms with E-state index in [4.69, 9.17) is 16.3 Å². The number of aliphatic carboxylic acids is 1. The molecule has 3 atom stereocenters. The van der Waals surface area contributed by atoms with Crippen LogP contribution in [-0.2, 0) is 20.9 Å². The molecule has 2 aliphatic rings. The van der Waals surface area contributed by atoms with Gasteiger partial charge in [0.25, 0.3) is 0 Å². The normalized spacial score (nSPS) is 21.4. The Morgan fingerprint density at radius 1 is 1.11 bits per heavy atom. The largest absolute Gasteiger partial charge is 0.481 e. The zero-order chi connectivity index (χ0) is 26.4. The van der Waals surface area contributed by atoms with Gasteiger partial charge in [-0.3, -0.25) is 14.5 Å². The van der Waals surface area contributed by atoms with Crippen molar-refractivity contribution in [3.63, 3.8) is 0 Å². The van der Waals surface area contributed by atoms with Gasteiger partial charge in [0.15, 0.2) is 0 Å². The van der Waals surface area contributed by atoms with Crippen LogP contribution in [0.4, 0.5) is 4.79 Å². The van der Waals surface area contributed by atoms with Crippen LogP contribution in [0.15, 0.2) is 48.5 Å². The summed E-state index contributed by atoms with van der Waals surface area (Å²) in [5.41, 5.74) is 2.55. The highest BCUT2D eigenvalue weighted by Gasteiger charge is 2.41. The van der Waals surface area contributed by atoms with Gasteiger partial charge >= 0.3 is 12.0 Å². The first-order valence-corrected chi connectivity index (χ1v) is 12.9. The van der Waals surface area contributed by atoms with E-state index < -0.39 is 24.1 Å². The number of halogens is 1. The first-order chi connectivity index (χ1) is 17.8. The molecule has 2 fully saturated rings. The van der Waals surface area contributed by atoms with Crippen LogP contribution in [0.25, 0.3) is 0 Å². The summed E-state index contributed by atoms with van der Waals surface area (Å²) in [6.07, 6.45) is 0.401. The quantitative estimate of drug-likeness (QED) is 0.486. The number of hydrogen-bond donors (Lipinski definition) is 3. The minimum atomic E-state index is -1.03. The molecule has 2 aromatic carbocycles. The fraction of sp³-hybridized carbons (Fsp3) is 0.444. The number of piperidine rings is 1. The van der Waals surface area contributed by atoms with E-state index in [1.807, 2.05) is 37.3 Å². The number of nitrogens with one attached hydrogen (secondary N) is 2. The lowest BCUT2D eigenvalue weighted by Gasteiger charge is -2.44. The van der Waals surface area contributed by atoms with Gasteiger partial charge in [-0.1, -0.05) is 59.6 Å². The predicted molar refractivity (Wildman–Crippen MR) is 139 cm³/mol. The van der Waals surface area contributed by atoms with Crippen LogP contribution >= 0.6 is 11.6 Å². The van der Waals surface area contributed by atoms with Gasteiger partial charge in [-0.2, -0.15) is 0 Å². The number of amides is 3. The van der Waals surface area contributed by atoms with Crippen molar-refractivity contribution in [2.24, 2.45) is 0 Å². The number of benzene rings is 2. The SMILES string of the molecule is Cc1ccc(C(CC(=O)O)NC(=O)NC2C(=O)N(Cc3ccccc3Cl)CCC2N2CCOCC2)cc1. The molecule has 2 saturated heterocycles. The van der Waals surface area contributed by atoms with E-state index in [9.17, 15) is 19.5 Å². The maximum atomic E-state index is 13.7. The van der Waals surface area contributed by atoms with Crippen LogP contribution in [-0.4, -0.2) is 77.7 Å². The number of aryl methyl sites for hydroxylation is 1. The van der Waals surface area contributed by atoms with Crippen molar-refractivity contribution in [1.82, 2.24) is 20.4 Å². The summed E-state index contributed by atoms with van der Waals surface area (Å²) < 4.78 is 5.49. The van der Waals surface area contributed by atoms with Crippen LogP contribution in [0, 0.1) is 6.92 Å². The molecule has 3 unspecified atom stereocenters. The average molecular weight is 529 g/mol. The van der Waals surface area contributed by atoms with Crippen molar-refractivity contribution >= 4 is 29.5 Å². The molecular formula is C27H33ClN4O5. The van der Waals surface area contributed by atoms with Crippen molar-refractivity contribution in [3.05, 3.63) is 70.2 Å². The van der Waals surface area contributed by atoms with Crippen LogP contribution in [0.3, 0.4) is 0 Å². The summed E-state index contributed by atoms with van der Waals surface area (Å²) in [5.74, 6) is -1.22. The number of nitrogens with zero attached hydrogens (tertiary/aromatic N) is 2. The Labute approximate surface area is 221 Å². The third-order valence-corrected chi connectivity index (χ3v) is 7.31. The Hall–Kier alpha value is -3.14. The van der Waals surface area contributed by atoms with E-state index in [1.165, 1.54) is 0 Å². The molecule has 9 nitrogen and oxygen atoms in total. The average Bonchev–Trinajstić information content (AvgIpc) is 2.88. The topological polar surface area (TPSA) is 111 Å². The number of carboxylic acid groups (broad SMARTS) is 1. The minimum absolute atomic E-state index is 0.192. The third kappa shape index (κ3) is 7.00. The maximum Gasteiger partial charge on any atom is 0.315 e. The molecule has 198 valence electrons. The molecule has 4 rings (SSSR count). The van der Waals surface area contributed by atoms with E-state index in [0.29, 0.717) is 56.4 Å². The summed E-state index contributed by atoms with van der Waals surface area (Å²) in [4.78, 5) is 42.3. The molecule has 37 heavy (non-hydrogen) atoms. The molecule has 3 N–H and O–H groups in total. The summed E-state index contributed by atoms with van der Waals surface area (Å²) in [7, 11) is 0. The minimum Gasteiger partial charge on any atom is -0.481 e. The monoisotopic (exact) mass is 528 g/mol. The lowest BCUT2D eigenvalue weighted by molar-refractivity contribution is -0.140. The van der Waals surface area contributed by atoms with Crippen molar-refractivity contribution in [2.75, 3.05) is 32.8 Å². The number of rotatable bonds is 8. The number of likely N-dealkylation sites (tertiary alicyclic amines) is 1. The fourth-order valence-electron chi connectivity index (χ4n) is 4.94. The van der Waals surface area contributed by atoms with Gasteiger partial charge in [0.2, 0.25) is 5.91 Å². The molecule has 0 saturated carbocycles. The van der Waals surface area contributed by atoms with Gasteiger partial charge in [-0.25, -0.2) is 4.79 Å². The van der Waals surface area contributed by atoms with Crippen molar-refractivity contribution in [2.45, 2.75) is 44.4 Å². The number of ether oxygens (including phenoxy) is 1. The van der Waals surface area contributed by atoms with Crippen molar-refractivity contribution < 1.29 is 24.2 Å². The van der Waals surface area contributed by atoms with Crippen molar-refractivity contribution in [1.29, 1.82) is 0 Å². The number of carboxylic acids is 1. The van der Waals surface area contributed by atoms with Crippen LogP contribution in [0.1, 0.15) is 35.6 Å². The molecule has 0 aromatic heterocycles. The Bertz CT molecular complexity index is 1110. The van der Waals surface area contributed by atoms with Gasteiger partial charge in [-0.15, -0.1) is 0 Å². The Balaban J connectivity index is 1.52. The standard InChI is InChI=1S/C27H33ClN4O5/c1-18-6-8-19(9-7-18)22(16-24(33)34)29-27(36)30-25-23(31-12-14-37-15-13-31)10-11-32(26(25)35)17-20-4-2-3-5-21(20)28/h2-9,22-23,25H,10-17H2,1H3,(H,33,34)(H2,29,30,36). The third-order valence-electron chi connectivity index (χ3n) is 6.94. The number of hydrogen-bond acceptors (Lipinski definition) is 5. The molecule has 0 spiro atoms. The van der Waals surface area contributed by atoms with E-state index in [2.05, 4.69) is 15.5 Å². The molecule has 0 radical (unpaired) electrons. The highest BCUT2D eigenvalue weighted by atomic mass is 35.5. The van der Waals surface area contributed by atoms with Crippen molar-refractivity contribution in [3.8, 4) is 0 Å². The Morgan fingerprint density at radius 3 is 2.49 bits per heavy atom. The second-order valence-electron chi connectivity index (χ2n) is 9.51. The molecule has 2 aliphatic heterocycles. The zero-order valence-corrected chi connectivity index (χ0v) is 21.6. The van der Waals surface area contributed by atoms with Gasteiger partial charge in [-0.05, 0) is 30.5 Å².